The highest BCUT2D eigenvalue weighted by Gasteiger charge is 2.19. The van der Waals surface area contributed by atoms with E-state index in [9.17, 15) is 14.4 Å². The molecule has 75 heavy (non-hydrogen) atoms. The molecule has 0 rings (SSSR count). The molecule has 0 bridgehead atoms. The van der Waals surface area contributed by atoms with Crippen molar-refractivity contribution in [2.45, 2.75) is 271 Å². The van der Waals surface area contributed by atoms with Gasteiger partial charge in [0.25, 0.3) is 0 Å². The van der Waals surface area contributed by atoms with Crippen molar-refractivity contribution in [1.29, 1.82) is 0 Å². The summed E-state index contributed by atoms with van der Waals surface area (Å²) >= 11 is 0. The molecular formula is C69H112O6. The van der Waals surface area contributed by atoms with Crippen molar-refractivity contribution in [3.8, 4) is 0 Å². The van der Waals surface area contributed by atoms with Crippen LogP contribution >= 0.6 is 0 Å². The predicted octanol–water partition coefficient (Wildman–Crippen LogP) is 21.0. The first kappa shape index (κ1) is 70.5. The molecule has 0 radical (unpaired) electrons. The van der Waals surface area contributed by atoms with E-state index in [0.717, 1.165) is 148 Å². The summed E-state index contributed by atoms with van der Waals surface area (Å²) in [6, 6.07) is 0. The average Bonchev–Trinajstić information content (AvgIpc) is 3.41. The van der Waals surface area contributed by atoms with Gasteiger partial charge in [-0.3, -0.25) is 14.4 Å². The van der Waals surface area contributed by atoms with Gasteiger partial charge in [0, 0.05) is 19.3 Å². The Balaban J connectivity index is 4.35. The fourth-order valence-electron chi connectivity index (χ4n) is 8.05. The number of hydrogen-bond donors (Lipinski definition) is 0. The Labute approximate surface area is 462 Å². The minimum absolute atomic E-state index is 0.0961. The Morgan fingerprint density at radius 3 is 0.840 bits per heavy atom. The molecule has 1 atom stereocenters. The first-order chi connectivity index (χ1) is 37.0. The van der Waals surface area contributed by atoms with E-state index in [1.165, 1.54) is 77.0 Å². The van der Waals surface area contributed by atoms with Crippen molar-refractivity contribution in [1.82, 2.24) is 0 Å². The lowest BCUT2D eigenvalue weighted by Gasteiger charge is -2.18. The number of carbonyl (C=O) groups excluding carboxylic acids is 3. The minimum atomic E-state index is -0.802. The van der Waals surface area contributed by atoms with E-state index in [2.05, 4.69) is 154 Å². The molecule has 6 heteroatoms. The van der Waals surface area contributed by atoms with Gasteiger partial charge in [-0.05, 0) is 122 Å². The lowest BCUT2D eigenvalue weighted by Crippen LogP contribution is -2.30. The predicted molar refractivity (Wildman–Crippen MR) is 325 cm³/mol. The van der Waals surface area contributed by atoms with E-state index < -0.39 is 6.10 Å². The highest BCUT2D eigenvalue weighted by atomic mass is 16.6. The van der Waals surface area contributed by atoms with E-state index in [-0.39, 0.29) is 31.1 Å². The van der Waals surface area contributed by atoms with Gasteiger partial charge in [0.15, 0.2) is 6.10 Å². The van der Waals surface area contributed by atoms with E-state index >= 15 is 0 Å². The molecule has 0 N–H and O–H groups in total. The minimum Gasteiger partial charge on any atom is -0.462 e. The van der Waals surface area contributed by atoms with Gasteiger partial charge < -0.3 is 14.2 Å². The van der Waals surface area contributed by atoms with Crippen LogP contribution in [0.2, 0.25) is 0 Å². The number of rotatable bonds is 54. The van der Waals surface area contributed by atoms with Crippen LogP contribution in [-0.2, 0) is 28.6 Å². The normalized spacial score (nSPS) is 13.1. The fraction of sp³-hybridized carbons (Fsp3) is 0.638. The molecule has 0 saturated heterocycles. The summed E-state index contributed by atoms with van der Waals surface area (Å²) < 4.78 is 16.8. The Morgan fingerprint density at radius 2 is 0.520 bits per heavy atom. The van der Waals surface area contributed by atoms with Gasteiger partial charge in [0.2, 0.25) is 0 Å². The summed E-state index contributed by atoms with van der Waals surface area (Å²) in [5.74, 6) is -0.947. The van der Waals surface area contributed by atoms with E-state index in [1.54, 1.807) is 0 Å². The Bertz CT molecular complexity index is 1620. The monoisotopic (exact) mass is 1040 g/mol. The quantitative estimate of drug-likeness (QED) is 0.0261. The fourth-order valence-corrected chi connectivity index (χ4v) is 8.05. The molecule has 424 valence electrons. The smallest absolute Gasteiger partial charge is 0.306 e. The summed E-state index contributed by atoms with van der Waals surface area (Å²) in [5, 5.41) is 0. The molecule has 0 fully saturated rings. The van der Waals surface area contributed by atoms with Crippen molar-refractivity contribution < 1.29 is 28.6 Å². The maximum Gasteiger partial charge on any atom is 0.306 e. The van der Waals surface area contributed by atoms with Crippen LogP contribution in [0.1, 0.15) is 265 Å². The maximum atomic E-state index is 12.8. The SMILES string of the molecule is CC/C=C\C/C=C\C/C=C\C/C=C\C/C=C\C/C=C\C/C=C\C/C=C\C/C=C\CCCCCC(=O)OCC(COC(=O)CCCCCCCCCCCC)OC(=O)CCCCCCC/C=C\C/C=C\CCCCCC. The van der Waals surface area contributed by atoms with E-state index in [1.807, 2.05) is 0 Å². The summed E-state index contributed by atoms with van der Waals surface area (Å²) in [6.45, 7) is 6.45. The zero-order valence-electron chi connectivity index (χ0n) is 48.5. The second kappa shape index (κ2) is 62.1. The van der Waals surface area contributed by atoms with E-state index in [0.29, 0.717) is 19.3 Å². The summed E-state index contributed by atoms with van der Waals surface area (Å²) in [6.07, 6.45) is 87.4. The standard InChI is InChI=1S/C69H112O6/c1-4-7-10-13-16-19-22-24-26-28-29-30-31-32-33-34-35-36-37-38-39-40-41-42-44-45-47-50-53-56-59-62-68(71)74-65-66(64-73-67(70)61-58-55-52-49-21-18-15-12-9-6-3)75-69(72)63-60-57-54-51-48-46-43-27-25-23-20-17-14-11-8-5-2/h7,10,16,19-20,23-24,26-27,29-30,32-33,35-36,38-39,41-43,45,47,66H,4-6,8-9,11-15,17-18,21-22,25,28,31,34,37,40,44,46,48-65H2,1-3H3/b10-7-,19-16-,23-20-,26-24-,30-29-,33-32-,36-35-,39-38-,42-41-,43-27-,47-45-. The van der Waals surface area contributed by atoms with Gasteiger partial charge >= 0.3 is 17.9 Å². The Hall–Kier alpha value is -4.45. The van der Waals surface area contributed by atoms with Crippen LogP contribution in [-0.4, -0.2) is 37.2 Å². The molecule has 0 aromatic carbocycles. The zero-order valence-corrected chi connectivity index (χ0v) is 48.5. The molecule has 0 aromatic heterocycles. The largest absolute Gasteiger partial charge is 0.462 e. The molecule has 0 saturated carbocycles. The van der Waals surface area contributed by atoms with Crippen LogP contribution in [0.15, 0.2) is 134 Å². The maximum absolute atomic E-state index is 12.8. The number of unbranched alkanes of at least 4 members (excludes halogenated alkanes) is 21. The van der Waals surface area contributed by atoms with Gasteiger partial charge in [-0.1, -0.05) is 257 Å². The number of ether oxygens (including phenoxy) is 3. The van der Waals surface area contributed by atoms with E-state index in [4.69, 9.17) is 14.2 Å². The number of carbonyl (C=O) groups is 3. The molecule has 0 amide bonds. The third-order valence-electron chi connectivity index (χ3n) is 12.6. The Kier molecular flexibility index (Phi) is 58.4. The van der Waals surface area contributed by atoms with Crippen LogP contribution in [0.4, 0.5) is 0 Å². The molecule has 0 spiro atoms. The first-order valence-electron chi connectivity index (χ1n) is 30.7. The first-order valence-corrected chi connectivity index (χ1v) is 30.7. The van der Waals surface area contributed by atoms with Crippen LogP contribution in [0, 0.1) is 0 Å². The lowest BCUT2D eigenvalue weighted by molar-refractivity contribution is -0.167. The van der Waals surface area contributed by atoms with Crippen LogP contribution in [0.3, 0.4) is 0 Å². The summed E-state index contributed by atoms with van der Waals surface area (Å²) in [4.78, 5) is 38.1. The zero-order chi connectivity index (χ0) is 54.3. The lowest BCUT2D eigenvalue weighted by atomic mass is 10.1. The summed E-state index contributed by atoms with van der Waals surface area (Å²) in [5.41, 5.74) is 0. The highest BCUT2D eigenvalue weighted by molar-refractivity contribution is 5.71. The molecule has 0 aliphatic heterocycles. The van der Waals surface area contributed by atoms with Crippen LogP contribution in [0.25, 0.3) is 0 Å². The summed E-state index contributed by atoms with van der Waals surface area (Å²) in [7, 11) is 0. The highest BCUT2D eigenvalue weighted by Crippen LogP contribution is 2.14. The number of hydrogen-bond acceptors (Lipinski definition) is 6. The van der Waals surface area contributed by atoms with Crippen molar-refractivity contribution in [2.75, 3.05) is 13.2 Å². The van der Waals surface area contributed by atoms with Crippen LogP contribution < -0.4 is 0 Å². The van der Waals surface area contributed by atoms with Crippen molar-refractivity contribution in [2.24, 2.45) is 0 Å². The Morgan fingerprint density at radius 1 is 0.280 bits per heavy atom. The molecular weight excluding hydrogens is 925 g/mol. The average molecular weight is 1040 g/mol. The second-order valence-electron chi connectivity index (χ2n) is 19.9. The molecule has 0 heterocycles. The molecule has 0 aliphatic rings. The third kappa shape index (κ3) is 60.3. The van der Waals surface area contributed by atoms with Gasteiger partial charge in [-0.2, -0.15) is 0 Å². The number of esters is 3. The molecule has 0 aromatic rings. The molecule has 1 unspecified atom stereocenters. The molecule has 0 aliphatic carbocycles. The van der Waals surface area contributed by atoms with Crippen molar-refractivity contribution in [3.05, 3.63) is 134 Å². The second-order valence-corrected chi connectivity index (χ2v) is 19.9. The van der Waals surface area contributed by atoms with Gasteiger partial charge in [-0.15, -0.1) is 0 Å². The third-order valence-corrected chi connectivity index (χ3v) is 12.6. The van der Waals surface area contributed by atoms with Crippen molar-refractivity contribution >= 4 is 17.9 Å². The number of allylic oxidation sites excluding steroid dienone is 22. The topological polar surface area (TPSA) is 78.9 Å². The van der Waals surface area contributed by atoms with Gasteiger partial charge in [0.05, 0.1) is 0 Å². The van der Waals surface area contributed by atoms with Gasteiger partial charge in [-0.25, -0.2) is 0 Å². The molecule has 6 nitrogen and oxygen atoms in total. The van der Waals surface area contributed by atoms with Crippen LogP contribution in [0.5, 0.6) is 0 Å². The van der Waals surface area contributed by atoms with Crippen molar-refractivity contribution in [3.63, 3.8) is 0 Å². The van der Waals surface area contributed by atoms with Gasteiger partial charge in [0.1, 0.15) is 13.2 Å².